The number of nitrogens with zero attached hydrogens (tertiary/aromatic N) is 3. The largest absolute Gasteiger partial charge is 0.271 e. The van der Waals surface area contributed by atoms with Crippen molar-refractivity contribution in [1.82, 2.24) is 24.7 Å². The first-order valence-corrected chi connectivity index (χ1v) is 6.55. The summed E-state index contributed by atoms with van der Waals surface area (Å²) in [6, 6.07) is 2.93. The van der Waals surface area contributed by atoms with E-state index in [0.29, 0.717) is 6.54 Å². The Bertz CT molecular complexity index is 546. The van der Waals surface area contributed by atoms with E-state index < -0.39 is 10.0 Å². The molecule has 2 N–H and O–H groups in total. The lowest BCUT2D eigenvalue weighted by molar-refractivity contribution is 0.492. The van der Waals surface area contributed by atoms with Crippen molar-refractivity contribution in [2.75, 3.05) is 0 Å². The number of H-pyrrole nitrogens is 1. The molecular weight excluding hydrogens is 242 g/mol. The highest BCUT2D eigenvalue weighted by molar-refractivity contribution is 7.89. The summed E-state index contributed by atoms with van der Waals surface area (Å²) in [6.07, 6.45) is 4.82. The van der Waals surface area contributed by atoms with Gasteiger partial charge in [-0.25, -0.2) is 13.1 Å². The predicted molar refractivity (Wildman–Crippen MR) is 60.6 cm³/mol. The van der Waals surface area contributed by atoms with Crippen molar-refractivity contribution in [3.63, 3.8) is 0 Å². The minimum Gasteiger partial charge on any atom is -0.271 e. The Balaban J connectivity index is 2.01. The van der Waals surface area contributed by atoms with E-state index in [-0.39, 0.29) is 11.1 Å². The quantitative estimate of drug-likeness (QED) is 0.785. The number of hydrogen-bond acceptors (Lipinski definition) is 4. The maximum atomic E-state index is 11.8. The SMILES string of the molecule is CC(Cn1cccn1)NS(=O)(=O)c1ccn[nH]1. The first kappa shape index (κ1) is 11.8. The number of hydrogen-bond donors (Lipinski definition) is 2. The molecule has 0 aromatic carbocycles. The van der Waals surface area contributed by atoms with Gasteiger partial charge in [-0.15, -0.1) is 0 Å². The standard InChI is InChI=1S/C9H13N5O2S/c1-8(7-14-6-2-4-11-14)13-17(15,16)9-3-5-10-12-9/h2-6,8,13H,7H2,1H3,(H,10,12). The van der Waals surface area contributed by atoms with Crippen molar-refractivity contribution < 1.29 is 8.42 Å². The van der Waals surface area contributed by atoms with Crippen molar-refractivity contribution in [1.29, 1.82) is 0 Å². The van der Waals surface area contributed by atoms with Crippen LogP contribution in [-0.2, 0) is 16.6 Å². The molecule has 2 rings (SSSR count). The van der Waals surface area contributed by atoms with Crippen LogP contribution in [0.3, 0.4) is 0 Å². The van der Waals surface area contributed by atoms with Gasteiger partial charge in [0.1, 0.15) is 0 Å². The van der Waals surface area contributed by atoms with Gasteiger partial charge in [-0.1, -0.05) is 0 Å². The van der Waals surface area contributed by atoms with Gasteiger partial charge in [0.25, 0.3) is 10.0 Å². The second-order valence-corrected chi connectivity index (χ2v) is 5.35. The van der Waals surface area contributed by atoms with Crippen molar-refractivity contribution in [2.45, 2.75) is 24.5 Å². The molecule has 92 valence electrons. The highest BCUT2D eigenvalue weighted by Crippen LogP contribution is 2.04. The van der Waals surface area contributed by atoms with Crippen LogP contribution in [0.2, 0.25) is 0 Å². The van der Waals surface area contributed by atoms with E-state index in [1.165, 1.54) is 12.3 Å². The second-order valence-electron chi connectivity index (χ2n) is 3.67. The minimum absolute atomic E-state index is 0.0600. The molecule has 0 aliphatic heterocycles. The lowest BCUT2D eigenvalue weighted by Gasteiger charge is -2.13. The summed E-state index contributed by atoms with van der Waals surface area (Å²) in [7, 11) is -3.53. The van der Waals surface area contributed by atoms with E-state index in [1.54, 1.807) is 30.1 Å². The van der Waals surface area contributed by atoms with Crippen LogP contribution in [-0.4, -0.2) is 34.4 Å². The molecule has 1 atom stereocenters. The first-order valence-electron chi connectivity index (χ1n) is 5.07. The van der Waals surface area contributed by atoms with Gasteiger partial charge in [-0.2, -0.15) is 10.2 Å². The molecule has 0 radical (unpaired) electrons. The lowest BCUT2D eigenvalue weighted by Crippen LogP contribution is -2.36. The fourth-order valence-electron chi connectivity index (χ4n) is 1.45. The highest BCUT2D eigenvalue weighted by atomic mass is 32.2. The van der Waals surface area contributed by atoms with E-state index in [9.17, 15) is 8.42 Å². The van der Waals surface area contributed by atoms with Crippen LogP contribution in [0.15, 0.2) is 35.7 Å². The molecular formula is C9H13N5O2S. The van der Waals surface area contributed by atoms with Gasteiger partial charge in [0.15, 0.2) is 5.03 Å². The maximum Gasteiger partial charge on any atom is 0.257 e. The van der Waals surface area contributed by atoms with Crippen molar-refractivity contribution in [3.05, 3.63) is 30.7 Å². The fraction of sp³-hybridized carbons (Fsp3) is 0.333. The lowest BCUT2D eigenvalue weighted by atomic mass is 10.4. The van der Waals surface area contributed by atoms with Crippen LogP contribution < -0.4 is 4.72 Å². The maximum absolute atomic E-state index is 11.8. The van der Waals surface area contributed by atoms with Gasteiger partial charge in [0.2, 0.25) is 0 Å². The molecule has 0 saturated carbocycles. The van der Waals surface area contributed by atoms with Gasteiger partial charge in [0, 0.05) is 18.4 Å². The van der Waals surface area contributed by atoms with Crippen LogP contribution in [0.25, 0.3) is 0 Å². The molecule has 8 heteroatoms. The highest BCUT2D eigenvalue weighted by Gasteiger charge is 2.18. The van der Waals surface area contributed by atoms with Crippen LogP contribution in [0.4, 0.5) is 0 Å². The van der Waals surface area contributed by atoms with E-state index >= 15 is 0 Å². The zero-order valence-electron chi connectivity index (χ0n) is 9.24. The minimum atomic E-state index is -3.53. The summed E-state index contributed by atoms with van der Waals surface area (Å²) >= 11 is 0. The molecule has 0 bridgehead atoms. The zero-order chi connectivity index (χ0) is 12.3. The smallest absolute Gasteiger partial charge is 0.257 e. The van der Waals surface area contributed by atoms with E-state index in [1.807, 2.05) is 0 Å². The van der Waals surface area contributed by atoms with E-state index in [4.69, 9.17) is 0 Å². The van der Waals surface area contributed by atoms with Gasteiger partial charge in [0.05, 0.1) is 12.7 Å². The Morgan fingerprint density at radius 2 is 2.35 bits per heavy atom. The molecule has 2 aromatic heterocycles. The summed E-state index contributed by atoms with van der Waals surface area (Å²) in [6.45, 7) is 2.25. The number of rotatable bonds is 5. The summed E-state index contributed by atoms with van der Waals surface area (Å²) in [5.74, 6) is 0. The van der Waals surface area contributed by atoms with Crippen LogP contribution in [0.1, 0.15) is 6.92 Å². The molecule has 0 aliphatic carbocycles. The molecule has 2 heterocycles. The molecule has 0 amide bonds. The van der Waals surface area contributed by atoms with Crippen LogP contribution in [0.5, 0.6) is 0 Å². The molecule has 0 aliphatic rings. The molecule has 0 spiro atoms. The van der Waals surface area contributed by atoms with E-state index in [2.05, 4.69) is 20.0 Å². The third kappa shape index (κ3) is 2.92. The van der Waals surface area contributed by atoms with E-state index in [0.717, 1.165) is 0 Å². The molecule has 2 aromatic rings. The molecule has 0 fully saturated rings. The molecule has 17 heavy (non-hydrogen) atoms. The van der Waals surface area contributed by atoms with Gasteiger partial charge in [-0.05, 0) is 19.1 Å². The average molecular weight is 255 g/mol. The normalized spacial score (nSPS) is 13.7. The average Bonchev–Trinajstić information content (AvgIpc) is 2.87. The zero-order valence-corrected chi connectivity index (χ0v) is 10.1. The number of aromatic nitrogens is 4. The Hall–Kier alpha value is -1.67. The molecule has 1 unspecified atom stereocenters. The van der Waals surface area contributed by atoms with Crippen molar-refractivity contribution in [2.24, 2.45) is 0 Å². The fourth-order valence-corrected chi connectivity index (χ4v) is 2.59. The Morgan fingerprint density at radius 1 is 1.53 bits per heavy atom. The van der Waals surface area contributed by atoms with Crippen molar-refractivity contribution >= 4 is 10.0 Å². The Morgan fingerprint density at radius 3 is 2.94 bits per heavy atom. The van der Waals surface area contributed by atoms with Gasteiger partial charge in [-0.3, -0.25) is 9.78 Å². The number of aromatic amines is 1. The molecule has 0 saturated heterocycles. The summed E-state index contributed by atoms with van der Waals surface area (Å²) in [5, 5.41) is 10.1. The summed E-state index contributed by atoms with van der Waals surface area (Å²) in [4.78, 5) is 0. The Labute approximate surface area is 98.9 Å². The predicted octanol–water partition coefficient (Wildman–Crippen LogP) is -0.0268. The van der Waals surface area contributed by atoms with Gasteiger partial charge < -0.3 is 0 Å². The van der Waals surface area contributed by atoms with Crippen LogP contribution in [0, 0.1) is 0 Å². The Kier molecular flexibility index (Phi) is 3.25. The second kappa shape index (κ2) is 4.68. The summed E-state index contributed by atoms with van der Waals surface area (Å²) < 4.78 is 27.8. The number of sulfonamides is 1. The van der Waals surface area contributed by atoms with Crippen molar-refractivity contribution in [3.8, 4) is 0 Å². The monoisotopic (exact) mass is 255 g/mol. The van der Waals surface area contributed by atoms with Crippen LogP contribution >= 0.6 is 0 Å². The third-order valence-corrected chi connectivity index (χ3v) is 3.66. The third-order valence-electron chi connectivity index (χ3n) is 2.14. The van der Waals surface area contributed by atoms with Gasteiger partial charge >= 0.3 is 0 Å². The summed E-state index contributed by atoms with van der Waals surface area (Å²) in [5.41, 5.74) is 0. The topological polar surface area (TPSA) is 92.7 Å². The first-order chi connectivity index (χ1) is 8.08. The molecule has 7 nitrogen and oxygen atoms in total. The number of nitrogens with one attached hydrogen (secondary N) is 2.